The molecular formula is C26H26N2O. The number of hydrogen-bond donors (Lipinski definition) is 0. The van der Waals surface area contributed by atoms with Gasteiger partial charge in [0.1, 0.15) is 11.6 Å². The van der Waals surface area contributed by atoms with Crippen molar-refractivity contribution in [3.05, 3.63) is 95.3 Å². The van der Waals surface area contributed by atoms with Crippen LogP contribution in [-0.2, 0) is 6.54 Å². The van der Waals surface area contributed by atoms with Gasteiger partial charge in [0.15, 0.2) is 0 Å². The molecule has 3 aromatic carbocycles. The molecule has 0 radical (unpaired) electrons. The Bertz CT molecular complexity index is 1130. The lowest BCUT2D eigenvalue weighted by molar-refractivity contribution is 0.300. The molecule has 0 amide bonds. The van der Waals surface area contributed by atoms with Gasteiger partial charge >= 0.3 is 0 Å². The molecule has 0 atom stereocenters. The summed E-state index contributed by atoms with van der Waals surface area (Å²) in [5, 5.41) is 0. The highest BCUT2D eigenvalue weighted by Gasteiger charge is 2.08. The van der Waals surface area contributed by atoms with Crippen LogP contribution in [0.15, 0.2) is 72.8 Å². The van der Waals surface area contributed by atoms with Crippen LogP contribution in [0.25, 0.3) is 23.2 Å². The van der Waals surface area contributed by atoms with Crippen molar-refractivity contribution in [2.45, 2.75) is 26.8 Å². The molecule has 0 saturated heterocycles. The van der Waals surface area contributed by atoms with Crippen LogP contribution in [0.2, 0.25) is 0 Å². The predicted molar refractivity (Wildman–Crippen MR) is 121 cm³/mol. The summed E-state index contributed by atoms with van der Waals surface area (Å²) < 4.78 is 8.32. The second-order valence-corrected chi connectivity index (χ2v) is 7.25. The maximum Gasteiger partial charge on any atom is 0.133 e. The van der Waals surface area contributed by atoms with Crippen molar-refractivity contribution < 1.29 is 4.74 Å². The minimum atomic E-state index is 0.679. The van der Waals surface area contributed by atoms with Gasteiger partial charge in [0.2, 0.25) is 0 Å². The Kier molecular flexibility index (Phi) is 5.76. The van der Waals surface area contributed by atoms with E-state index in [2.05, 4.69) is 67.0 Å². The molecule has 0 N–H and O–H groups in total. The Labute approximate surface area is 172 Å². The summed E-state index contributed by atoms with van der Waals surface area (Å²) in [5.41, 5.74) is 5.83. The SMILES string of the molecule is Cc1cccc(OCCCn2c(/C=C/c3ccccc3)nc3ccccc32)c1C. The summed E-state index contributed by atoms with van der Waals surface area (Å²) in [4.78, 5) is 4.83. The largest absolute Gasteiger partial charge is 0.493 e. The maximum absolute atomic E-state index is 6.05. The molecule has 29 heavy (non-hydrogen) atoms. The van der Waals surface area contributed by atoms with Crippen molar-refractivity contribution >= 4 is 23.2 Å². The molecule has 0 aliphatic heterocycles. The zero-order valence-corrected chi connectivity index (χ0v) is 17.0. The van der Waals surface area contributed by atoms with Gasteiger partial charge in [-0.05, 0) is 61.2 Å². The second kappa shape index (κ2) is 8.78. The molecular weight excluding hydrogens is 356 g/mol. The van der Waals surface area contributed by atoms with E-state index in [0.717, 1.165) is 35.6 Å². The average molecular weight is 383 g/mol. The molecule has 1 aromatic heterocycles. The van der Waals surface area contributed by atoms with Crippen molar-refractivity contribution in [3.63, 3.8) is 0 Å². The Morgan fingerprint density at radius 1 is 0.862 bits per heavy atom. The molecule has 0 bridgehead atoms. The number of ether oxygens (including phenoxy) is 1. The van der Waals surface area contributed by atoms with Gasteiger partial charge in [0, 0.05) is 6.54 Å². The zero-order valence-electron chi connectivity index (χ0n) is 17.0. The summed E-state index contributed by atoms with van der Waals surface area (Å²) in [6, 6.07) is 24.8. The number of nitrogens with zero attached hydrogens (tertiary/aromatic N) is 2. The molecule has 4 aromatic rings. The molecule has 0 spiro atoms. The topological polar surface area (TPSA) is 27.1 Å². The van der Waals surface area contributed by atoms with E-state index < -0.39 is 0 Å². The number of aryl methyl sites for hydroxylation is 2. The summed E-state index contributed by atoms with van der Waals surface area (Å²) in [7, 11) is 0. The van der Waals surface area contributed by atoms with Gasteiger partial charge in [0.05, 0.1) is 17.6 Å². The number of imidazole rings is 1. The van der Waals surface area contributed by atoms with Crippen molar-refractivity contribution in [2.24, 2.45) is 0 Å². The molecule has 0 saturated carbocycles. The van der Waals surface area contributed by atoms with Crippen LogP contribution in [0.3, 0.4) is 0 Å². The summed E-state index contributed by atoms with van der Waals surface area (Å²) in [5.74, 6) is 1.95. The monoisotopic (exact) mass is 382 g/mol. The molecule has 3 heteroatoms. The Balaban J connectivity index is 1.50. The number of benzene rings is 3. The number of fused-ring (bicyclic) bond motifs is 1. The molecule has 0 fully saturated rings. The first-order valence-electron chi connectivity index (χ1n) is 10.1. The molecule has 0 aliphatic carbocycles. The van der Waals surface area contributed by atoms with Crippen LogP contribution >= 0.6 is 0 Å². The highest BCUT2D eigenvalue weighted by Crippen LogP contribution is 2.22. The first-order valence-corrected chi connectivity index (χ1v) is 10.1. The van der Waals surface area contributed by atoms with Gasteiger partial charge in [0.25, 0.3) is 0 Å². The van der Waals surface area contributed by atoms with Gasteiger partial charge in [-0.2, -0.15) is 0 Å². The van der Waals surface area contributed by atoms with E-state index in [1.807, 2.05) is 36.4 Å². The standard InChI is InChI=1S/C26H26N2O/c1-20-10-8-15-25(21(20)2)29-19-9-18-28-24-14-7-6-13-23(24)27-26(28)17-16-22-11-4-3-5-12-22/h3-8,10-17H,9,18-19H2,1-2H3/b17-16+. The minimum Gasteiger partial charge on any atom is -0.493 e. The van der Waals surface area contributed by atoms with Gasteiger partial charge in [-0.3, -0.25) is 0 Å². The second-order valence-electron chi connectivity index (χ2n) is 7.25. The third kappa shape index (κ3) is 4.40. The lowest BCUT2D eigenvalue weighted by atomic mass is 10.1. The van der Waals surface area contributed by atoms with E-state index in [1.54, 1.807) is 0 Å². The van der Waals surface area contributed by atoms with Gasteiger partial charge < -0.3 is 9.30 Å². The zero-order chi connectivity index (χ0) is 20.1. The van der Waals surface area contributed by atoms with E-state index in [9.17, 15) is 0 Å². The number of aromatic nitrogens is 2. The minimum absolute atomic E-state index is 0.679. The normalized spacial score (nSPS) is 11.4. The first-order chi connectivity index (χ1) is 14.2. The maximum atomic E-state index is 6.05. The average Bonchev–Trinajstić information content (AvgIpc) is 3.11. The summed E-state index contributed by atoms with van der Waals surface area (Å²) >= 11 is 0. The van der Waals surface area contributed by atoms with E-state index in [1.165, 1.54) is 16.7 Å². The van der Waals surface area contributed by atoms with Crippen molar-refractivity contribution in [1.82, 2.24) is 9.55 Å². The molecule has 4 rings (SSSR count). The lowest BCUT2D eigenvalue weighted by Crippen LogP contribution is -2.06. The number of para-hydroxylation sites is 2. The van der Waals surface area contributed by atoms with Crippen LogP contribution in [0.5, 0.6) is 5.75 Å². The van der Waals surface area contributed by atoms with Gasteiger partial charge in [-0.15, -0.1) is 0 Å². The third-order valence-electron chi connectivity index (χ3n) is 5.25. The highest BCUT2D eigenvalue weighted by molar-refractivity contribution is 5.79. The highest BCUT2D eigenvalue weighted by atomic mass is 16.5. The van der Waals surface area contributed by atoms with Crippen molar-refractivity contribution in [1.29, 1.82) is 0 Å². The quantitative estimate of drug-likeness (QED) is 0.351. The first kappa shape index (κ1) is 19.0. The fourth-order valence-corrected chi connectivity index (χ4v) is 3.48. The van der Waals surface area contributed by atoms with E-state index >= 15 is 0 Å². The fraction of sp³-hybridized carbons (Fsp3) is 0.192. The van der Waals surface area contributed by atoms with Crippen LogP contribution in [0, 0.1) is 13.8 Å². The van der Waals surface area contributed by atoms with Gasteiger partial charge in [-0.1, -0.05) is 60.7 Å². The molecule has 1 heterocycles. The molecule has 3 nitrogen and oxygen atoms in total. The van der Waals surface area contributed by atoms with Crippen molar-refractivity contribution in [3.8, 4) is 5.75 Å². The Hall–Kier alpha value is -3.33. The summed E-state index contributed by atoms with van der Waals surface area (Å²) in [6.45, 7) is 5.77. The van der Waals surface area contributed by atoms with E-state index in [0.29, 0.717) is 6.61 Å². The third-order valence-corrected chi connectivity index (χ3v) is 5.25. The Morgan fingerprint density at radius 3 is 2.52 bits per heavy atom. The molecule has 0 aliphatic rings. The van der Waals surface area contributed by atoms with Crippen LogP contribution in [0.4, 0.5) is 0 Å². The smallest absolute Gasteiger partial charge is 0.133 e. The van der Waals surface area contributed by atoms with Crippen molar-refractivity contribution in [2.75, 3.05) is 6.61 Å². The van der Waals surface area contributed by atoms with Crippen LogP contribution in [0.1, 0.15) is 28.9 Å². The lowest BCUT2D eigenvalue weighted by Gasteiger charge is -2.12. The van der Waals surface area contributed by atoms with Gasteiger partial charge in [-0.25, -0.2) is 4.98 Å². The molecule has 146 valence electrons. The van der Waals surface area contributed by atoms with E-state index in [-0.39, 0.29) is 0 Å². The fourth-order valence-electron chi connectivity index (χ4n) is 3.48. The summed E-state index contributed by atoms with van der Waals surface area (Å²) in [6.07, 6.45) is 5.13. The Morgan fingerprint density at radius 2 is 1.66 bits per heavy atom. The number of rotatable bonds is 7. The van der Waals surface area contributed by atoms with E-state index in [4.69, 9.17) is 9.72 Å². The van der Waals surface area contributed by atoms with Crippen LogP contribution < -0.4 is 4.74 Å². The number of hydrogen-bond acceptors (Lipinski definition) is 2. The van der Waals surface area contributed by atoms with Crippen LogP contribution in [-0.4, -0.2) is 16.2 Å². The predicted octanol–water partition coefficient (Wildman–Crippen LogP) is 6.29. The molecule has 0 unspecified atom stereocenters.